The highest BCUT2D eigenvalue weighted by molar-refractivity contribution is 7.91. The number of nitrogens with zero attached hydrogens (tertiary/aromatic N) is 1. The molecule has 0 aliphatic carbocycles. The highest BCUT2D eigenvalue weighted by atomic mass is 32.2. The molecule has 1 aromatic heterocycles. The first-order valence-corrected chi connectivity index (χ1v) is 10.7. The monoisotopic (exact) mass is 404 g/mol. The van der Waals surface area contributed by atoms with Gasteiger partial charge in [-0.3, -0.25) is 9.59 Å². The molecule has 2 rings (SSSR count). The summed E-state index contributed by atoms with van der Waals surface area (Å²) in [6.45, 7) is 1.22. The van der Waals surface area contributed by atoms with Gasteiger partial charge in [-0.15, -0.1) is 11.3 Å². The van der Waals surface area contributed by atoms with Crippen molar-refractivity contribution in [3.63, 3.8) is 0 Å². The first kappa shape index (κ1) is 20.8. The number of methoxy groups -OCH3 is 1. The number of sulfonamides is 1. The number of hydrogen-bond donors (Lipinski definition) is 1. The fraction of sp³-hybridized carbons (Fsp3) is 0.625. The number of ether oxygens (including phenoxy) is 2. The highest BCUT2D eigenvalue weighted by Gasteiger charge is 2.33. The van der Waals surface area contributed by atoms with Crippen molar-refractivity contribution in [3.05, 3.63) is 17.5 Å². The molecule has 1 aliphatic heterocycles. The predicted octanol–water partition coefficient (Wildman–Crippen LogP) is 0.845. The Bertz CT molecular complexity index is 682. The van der Waals surface area contributed by atoms with Crippen LogP contribution in [0.3, 0.4) is 0 Å². The molecule has 2 heterocycles. The minimum Gasteiger partial charge on any atom is -0.455 e. The van der Waals surface area contributed by atoms with Gasteiger partial charge in [-0.25, -0.2) is 8.42 Å². The van der Waals surface area contributed by atoms with Crippen molar-refractivity contribution < 1.29 is 27.5 Å². The quantitative estimate of drug-likeness (QED) is 0.483. The van der Waals surface area contributed by atoms with Crippen LogP contribution >= 0.6 is 11.3 Å². The summed E-state index contributed by atoms with van der Waals surface area (Å²) in [4.78, 5) is 23.7. The van der Waals surface area contributed by atoms with Gasteiger partial charge in [0.05, 0.1) is 5.92 Å². The van der Waals surface area contributed by atoms with E-state index in [1.165, 1.54) is 15.6 Å². The Morgan fingerprint density at radius 2 is 2.08 bits per heavy atom. The van der Waals surface area contributed by atoms with Crippen molar-refractivity contribution in [1.82, 2.24) is 9.62 Å². The maximum atomic E-state index is 12.4. The third kappa shape index (κ3) is 5.76. The molecule has 1 aromatic rings. The van der Waals surface area contributed by atoms with Crippen LogP contribution in [0.1, 0.15) is 19.3 Å². The van der Waals surface area contributed by atoms with Gasteiger partial charge in [0.25, 0.3) is 15.9 Å². The molecule has 0 radical (unpaired) electrons. The summed E-state index contributed by atoms with van der Waals surface area (Å²) in [7, 11) is -1.90. The van der Waals surface area contributed by atoms with E-state index in [4.69, 9.17) is 9.47 Å². The highest BCUT2D eigenvalue weighted by Crippen LogP contribution is 2.26. The number of hydrogen-bond acceptors (Lipinski definition) is 7. The zero-order valence-electron chi connectivity index (χ0n) is 14.7. The molecule has 1 amide bonds. The van der Waals surface area contributed by atoms with Gasteiger partial charge in [-0.1, -0.05) is 6.07 Å². The SMILES string of the molecule is COCCCNC(=O)COC(=O)C1CCN(S(=O)(=O)c2cccs2)CC1. The lowest BCUT2D eigenvalue weighted by Gasteiger charge is -2.29. The summed E-state index contributed by atoms with van der Waals surface area (Å²) < 4.78 is 36.5. The molecule has 0 aromatic carbocycles. The van der Waals surface area contributed by atoms with Crippen molar-refractivity contribution >= 4 is 33.2 Å². The molecule has 0 spiro atoms. The van der Waals surface area contributed by atoms with E-state index in [1.807, 2.05) is 0 Å². The minimum atomic E-state index is -3.48. The van der Waals surface area contributed by atoms with E-state index < -0.39 is 16.0 Å². The number of carbonyl (C=O) groups excluding carboxylic acids is 2. The summed E-state index contributed by atoms with van der Waals surface area (Å²) in [6, 6.07) is 3.27. The smallest absolute Gasteiger partial charge is 0.309 e. The molecule has 1 aliphatic rings. The largest absolute Gasteiger partial charge is 0.455 e. The molecule has 0 atom stereocenters. The maximum absolute atomic E-state index is 12.4. The van der Waals surface area contributed by atoms with Crippen molar-refractivity contribution in [3.8, 4) is 0 Å². The van der Waals surface area contributed by atoms with Crippen molar-refractivity contribution in [1.29, 1.82) is 0 Å². The topological polar surface area (TPSA) is 102 Å². The van der Waals surface area contributed by atoms with E-state index >= 15 is 0 Å². The Balaban J connectivity index is 1.72. The second-order valence-corrected chi connectivity index (χ2v) is 9.03. The number of piperidine rings is 1. The first-order valence-electron chi connectivity index (χ1n) is 8.41. The third-order valence-corrected chi connectivity index (χ3v) is 7.34. The number of nitrogens with one attached hydrogen (secondary N) is 1. The van der Waals surface area contributed by atoms with Gasteiger partial charge >= 0.3 is 5.97 Å². The van der Waals surface area contributed by atoms with E-state index in [1.54, 1.807) is 24.6 Å². The predicted molar refractivity (Wildman–Crippen MR) is 96.3 cm³/mol. The summed E-state index contributed by atoms with van der Waals surface area (Å²) in [6.07, 6.45) is 1.46. The maximum Gasteiger partial charge on any atom is 0.309 e. The van der Waals surface area contributed by atoms with Gasteiger partial charge in [-0.05, 0) is 30.7 Å². The second-order valence-electron chi connectivity index (χ2n) is 5.91. The van der Waals surface area contributed by atoms with Crippen LogP contribution in [0.4, 0.5) is 0 Å². The standard InChI is InChI=1S/C16H24N2O6S2/c1-23-10-3-7-17-14(19)12-24-16(20)13-5-8-18(9-6-13)26(21,22)15-4-2-11-25-15/h2,4,11,13H,3,5-10,12H2,1H3,(H,17,19). The van der Waals surface area contributed by atoms with Gasteiger partial charge in [0.15, 0.2) is 6.61 Å². The van der Waals surface area contributed by atoms with Crippen molar-refractivity contribution in [2.24, 2.45) is 5.92 Å². The Kier molecular flexibility index (Phi) is 8.01. The van der Waals surface area contributed by atoms with E-state index in [9.17, 15) is 18.0 Å². The normalized spacial score (nSPS) is 16.3. The molecule has 8 nitrogen and oxygen atoms in total. The molecule has 0 unspecified atom stereocenters. The molecule has 146 valence electrons. The van der Waals surface area contributed by atoms with Crippen LogP contribution in [0.15, 0.2) is 21.7 Å². The van der Waals surface area contributed by atoms with E-state index in [2.05, 4.69) is 5.32 Å². The summed E-state index contributed by atoms with van der Waals surface area (Å²) in [5.74, 6) is -1.19. The van der Waals surface area contributed by atoms with Crippen molar-refractivity contribution in [2.75, 3.05) is 40.0 Å². The molecular formula is C16H24N2O6S2. The lowest BCUT2D eigenvalue weighted by Crippen LogP contribution is -2.41. The first-order chi connectivity index (χ1) is 12.4. The van der Waals surface area contributed by atoms with E-state index in [0.29, 0.717) is 36.6 Å². The summed E-state index contributed by atoms with van der Waals surface area (Å²) in [5, 5.41) is 4.36. The van der Waals surface area contributed by atoms with Gasteiger partial charge < -0.3 is 14.8 Å². The fourth-order valence-electron chi connectivity index (χ4n) is 2.62. The van der Waals surface area contributed by atoms with Crippen LogP contribution in [0, 0.1) is 5.92 Å². The average molecular weight is 405 g/mol. The van der Waals surface area contributed by atoms with E-state index in [0.717, 1.165) is 0 Å². The molecule has 1 saturated heterocycles. The van der Waals surface area contributed by atoms with Crippen LogP contribution in [-0.2, 0) is 29.1 Å². The number of amides is 1. The Hall–Kier alpha value is -1.49. The summed E-state index contributed by atoms with van der Waals surface area (Å²) in [5.41, 5.74) is 0. The van der Waals surface area contributed by atoms with Crippen molar-refractivity contribution in [2.45, 2.75) is 23.5 Å². The molecule has 1 N–H and O–H groups in total. The van der Waals surface area contributed by atoms with Crippen LogP contribution in [0.2, 0.25) is 0 Å². The van der Waals surface area contributed by atoms with Crippen LogP contribution in [0.5, 0.6) is 0 Å². The van der Waals surface area contributed by atoms with Gasteiger partial charge in [0.2, 0.25) is 0 Å². The summed E-state index contributed by atoms with van der Waals surface area (Å²) >= 11 is 1.18. The van der Waals surface area contributed by atoms with Crippen LogP contribution in [-0.4, -0.2) is 64.6 Å². The minimum absolute atomic E-state index is 0.267. The van der Waals surface area contributed by atoms with Gasteiger partial charge in [0.1, 0.15) is 4.21 Å². The Labute approximate surface area is 157 Å². The second kappa shape index (κ2) is 10.0. The molecule has 1 fully saturated rings. The fourth-order valence-corrected chi connectivity index (χ4v) is 5.23. The van der Waals surface area contributed by atoms with E-state index in [-0.39, 0.29) is 31.5 Å². The Morgan fingerprint density at radius 3 is 2.69 bits per heavy atom. The zero-order chi connectivity index (χ0) is 19.0. The lowest BCUT2D eigenvalue weighted by atomic mass is 9.98. The molecule has 0 bridgehead atoms. The van der Waals surface area contributed by atoms with Gasteiger partial charge in [0, 0.05) is 33.4 Å². The lowest BCUT2D eigenvalue weighted by molar-refractivity contribution is -0.153. The van der Waals surface area contributed by atoms with Crippen LogP contribution < -0.4 is 5.32 Å². The zero-order valence-corrected chi connectivity index (χ0v) is 16.3. The van der Waals surface area contributed by atoms with Crippen LogP contribution in [0.25, 0.3) is 0 Å². The third-order valence-electron chi connectivity index (χ3n) is 4.07. The average Bonchev–Trinajstić information content (AvgIpc) is 3.19. The molecule has 26 heavy (non-hydrogen) atoms. The van der Waals surface area contributed by atoms with Gasteiger partial charge in [-0.2, -0.15) is 4.31 Å². The number of esters is 1. The molecule has 0 saturated carbocycles. The number of thiophene rings is 1. The number of rotatable bonds is 9. The number of carbonyl (C=O) groups is 2. The molecule has 10 heteroatoms. The Morgan fingerprint density at radius 1 is 1.35 bits per heavy atom. The molecular weight excluding hydrogens is 380 g/mol.